The van der Waals surface area contributed by atoms with Crippen LogP contribution in [0.2, 0.25) is 0 Å². The molecule has 0 radical (unpaired) electrons. The van der Waals surface area contributed by atoms with Crippen LogP contribution < -0.4 is 5.32 Å². The van der Waals surface area contributed by atoms with Gasteiger partial charge in [-0.3, -0.25) is 10.1 Å². The second-order valence-corrected chi connectivity index (χ2v) is 12.1. The molecule has 5 rings (SSSR count). The first-order chi connectivity index (χ1) is 15.3. The number of nitrogens with zero attached hydrogens (tertiary/aromatic N) is 3. The van der Waals surface area contributed by atoms with Crippen molar-refractivity contribution in [1.29, 1.82) is 0 Å². The van der Waals surface area contributed by atoms with Crippen LogP contribution in [-0.2, 0) is 10.0 Å². The summed E-state index contributed by atoms with van der Waals surface area (Å²) in [7, 11) is -3.56. The summed E-state index contributed by atoms with van der Waals surface area (Å²) in [6, 6.07) is 10.0. The average molecular weight is 487 g/mol. The lowest BCUT2D eigenvalue weighted by molar-refractivity contribution is 0.102. The molecule has 1 saturated heterocycles. The number of sulfonamides is 1. The predicted molar refractivity (Wildman–Crippen MR) is 129 cm³/mol. The Balaban J connectivity index is 1.36. The molecule has 166 valence electrons. The number of carbonyl (C=O) groups excluding carboxylic acids is 1. The van der Waals surface area contributed by atoms with Crippen LogP contribution >= 0.6 is 22.7 Å². The normalized spacial score (nSPS) is 17.8. The second kappa shape index (κ2) is 8.18. The van der Waals surface area contributed by atoms with Crippen molar-refractivity contribution in [2.45, 2.75) is 44.0 Å². The van der Waals surface area contributed by atoms with Gasteiger partial charge in [0.15, 0.2) is 5.13 Å². The van der Waals surface area contributed by atoms with Gasteiger partial charge in [-0.25, -0.2) is 18.4 Å². The standard InChI is InChI=1S/C22H22N4O3S3/c1-13-5-3-4-12-26(13)32(28,29)16-8-6-15(7-9-16)21(27)25-22-24-17-10-11-18-19(20(17)31-22)23-14(2)30-18/h6-11,13H,3-5,12H2,1-2H3,(H,24,25,27)/t13-/m1/s1. The minimum Gasteiger partial charge on any atom is -0.298 e. The Labute approximate surface area is 194 Å². The summed E-state index contributed by atoms with van der Waals surface area (Å²) >= 11 is 3.02. The first-order valence-corrected chi connectivity index (χ1v) is 13.5. The fraction of sp³-hybridized carbons (Fsp3) is 0.318. The van der Waals surface area contributed by atoms with Gasteiger partial charge in [-0.05, 0) is 63.1 Å². The van der Waals surface area contributed by atoms with Gasteiger partial charge >= 0.3 is 0 Å². The van der Waals surface area contributed by atoms with Crippen molar-refractivity contribution in [2.24, 2.45) is 0 Å². The Bertz CT molecular complexity index is 1420. The number of carbonyl (C=O) groups is 1. The summed E-state index contributed by atoms with van der Waals surface area (Å²) < 4.78 is 29.6. The maximum atomic E-state index is 13.0. The van der Waals surface area contributed by atoms with Gasteiger partial charge in [0, 0.05) is 18.2 Å². The van der Waals surface area contributed by atoms with E-state index in [1.54, 1.807) is 27.8 Å². The number of aromatic nitrogens is 2. The van der Waals surface area contributed by atoms with Gasteiger partial charge in [0.1, 0.15) is 5.52 Å². The van der Waals surface area contributed by atoms with Crippen molar-refractivity contribution < 1.29 is 13.2 Å². The molecule has 0 aliphatic carbocycles. The molecule has 1 fully saturated rings. The summed E-state index contributed by atoms with van der Waals surface area (Å²) in [5.41, 5.74) is 2.08. The third-order valence-electron chi connectivity index (χ3n) is 5.71. The fourth-order valence-electron chi connectivity index (χ4n) is 4.05. The molecule has 2 aromatic carbocycles. The van der Waals surface area contributed by atoms with Crippen molar-refractivity contribution in [1.82, 2.24) is 14.3 Å². The second-order valence-electron chi connectivity index (χ2n) is 7.95. The van der Waals surface area contributed by atoms with Crippen LogP contribution in [0.1, 0.15) is 41.6 Å². The van der Waals surface area contributed by atoms with Crippen LogP contribution in [0.25, 0.3) is 20.4 Å². The summed E-state index contributed by atoms with van der Waals surface area (Å²) in [5, 5.41) is 4.31. The molecule has 1 aliphatic heterocycles. The van der Waals surface area contributed by atoms with Crippen LogP contribution in [0.5, 0.6) is 0 Å². The molecule has 10 heteroatoms. The zero-order chi connectivity index (χ0) is 22.5. The number of anilines is 1. The SMILES string of the molecule is Cc1nc2c(ccc3nc(NC(=O)c4ccc(S(=O)(=O)N5CCCC[C@H]5C)cc4)sc32)s1. The number of nitrogens with one attached hydrogen (secondary N) is 1. The van der Waals surface area contributed by atoms with Gasteiger partial charge in [-0.15, -0.1) is 11.3 Å². The lowest BCUT2D eigenvalue weighted by atomic mass is 10.1. The van der Waals surface area contributed by atoms with E-state index in [1.165, 1.54) is 23.5 Å². The molecule has 1 amide bonds. The number of aryl methyl sites for hydroxylation is 1. The highest BCUT2D eigenvalue weighted by molar-refractivity contribution is 7.89. The zero-order valence-corrected chi connectivity index (χ0v) is 20.1. The smallest absolute Gasteiger partial charge is 0.257 e. The Hall–Kier alpha value is -2.40. The number of amides is 1. The van der Waals surface area contributed by atoms with E-state index in [2.05, 4.69) is 15.3 Å². The topological polar surface area (TPSA) is 92.3 Å². The Morgan fingerprint density at radius 1 is 1.09 bits per heavy atom. The zero-order valence-electron chi connectivity index (χ0n) is 17.7. The Kier molecular flexibility index (Phi) is 5.48. The van der Waals surface area contributed by atoms with Crippen molar-refractivity contribution in [3.05, 3.63) is 47.0 Å². The Morgan fingerprint density at radius 2 is 1.88 bits per heavy atom. The fourth-order valence-corrected chi connectivity index (χ4v) is 7.60. The largest absolute Gasteiger partial charge is 0.298 e. The molecule has 7 nitrogen and oxygen atoms in total. The van der Waals surface area contributed by atoms with Gasteiger partial charge in [-0.1, -0.05) is 17.8 Å². The van der Waals surface area contributed by atoms with E-state index in [9.17, 15) is 13.2 Å². The molecule has 1 atom stereocenters. The molecule has 32 heavy (non-hydrogen) atoms. The van der Waals surface area contributed by atoms with E-state index in [4.69, 9.17) is 0 Å². The van der Waals surface area contributed by atoms with Gasteiger partial charge < -0.3 is 0 Å². The van der Waals surface area contributed by atoms with Crippen LogP contribution in [0.3, 0.4) is 0 Å². The van der Waals surface area contributed by atoms with Crippen molar-refractivity contribution in [2.75, 3.05) is 11.9 Å². The summed E-state index contributed by atoms with van der Waals surface area (Å²) in [6.45, 7) is 4.45. The third kappa shape index (κ3) is 3.81. The minimum absolute atomic E-state index is 0.0104. The number of piperidine rings is 1. The van der Waals surface area contributed by atoms with Gasteiger partial charge in [0.25, 0.3) is 5.91 Å². The highest BCUT2D eigenvalue weighted by Gasteiger charge is 2.31. The monoisotopic (exact) mass is 486 g/mol. The van der Waals surface area contributed by atoms with E-state index < -0.39 is 10.0 Å². The van der Waals surface area contributed by atoms with Gasteiger partial charge in [0.2, 0.25) is 10.0 Å². The third-order valence-corrected chi connectivity index (χ3v) is 9.66. The molecule has 0 unspecified atom stereocenters. The number of fused-ring (bicyclic) bond motifs is 3. The number of rotatable bonds is 4. The predicted octanol–water partition coefficient (Wildman–Crippen LogP) is 5.03. The van der Waals surface area contributed by atoms with E-state index >= 15 is 0 Å². The van der Waals surface area contributed by atoms with Gasteiger partial charge in [0.05, 0.1) is 24.8 Å². The van der Waals surface area contributed by atoms with Gasteiger partial charge in [-0.2, -0.15) is 4.31 Å². The molecule has 4 aromatic rings. The van der Waals surface area contributed by atoms with E-state index in [-0.39, 0.29) is 16.8 Å². The quantitative estimate of drug-likeness (QED) is 0.437. The molecular weight excluding hydrogens is 464 g/mol. The number of thiazole rings is 2. The van der Waals surface area contributed by atoms with E-state index in [0.29, 0.717) is 17.2 Å². The van der Waals surface area contributed by atoms with Crippen LogP contribution in [0.4, 0.5) is 5.13 Å². The van der Waals surface area contributed by atoms with Crippen LogP contribution in [0.15, 0.2) is 41.3 Å². The Morgan fingerprint density at radius 3 is 2.62 bits per heavy atom. The summed E-state index contributed by atoms with van der Waals surface area (Å²) in [4.78, 5) is 22.1. The number of benzene rings is 2. The lowest BCUT2D eigenvalue weighted by Crippen LogP contribution is -2.41. The first-order valence-electron chi connectivity index (χ1n) is 10.4. The summed E-state index contributed by atoms with van der Waals surface area (Å²) in [5.74, 6) is -0.329. The lowest BCUT2D eigenvalue weighted by Gasteiger charge is -2.32. The molecular formula is C22H22N4O3S3. The van der Waals surface area contributed by atoms with Crippen LogP contribution in [0, 0.1) is 6.92 Å². The number of hydrogen-bond acceptors (Lipinski definition) is 7. The maximum absolute atomic E-state index is 13.0. The van der Waals surface area contributed by atoms with E-state index in [1.807, 2.05) is 26.0 Å². The minimum atomic E-state index is -3.56. The highest BCUT2D eigenvalue weighted by atomic mass is 32.2. The van der Waals surface area contributed by atoms with Crippen molar-refractivity contribution in [3.63, 3.8) is 0 Å². The maximum Gasteiger partial charge on any atom is 0.257 e. The molecule has 3 heterocycles. The molecule has 0 saturated carbocycles. The molecule has 1 N–H and O–H groups in total. The van der Waals surface area contributed by atoms with E-state index in [0.717, 1.165) is 44.7 Å². The molecule has 0 spiro atoms. The van der Waals surface area contributed by atoms with Crippen LogP contribution in [-0.4, -0.2) is 41.2 Å². The molecule has 2 aromatic heterocycles. The van der Waals surface area contributed by atoms with Crippen molar-refractivity contribution >= 4 is 64.2 Å². The molecule has 1 aliphatic rings. The average Bonchev–Trinajstić information content (AvgIpc) is 3.36. The molecule has 0 bridgehead atoms. The van der Waals surface area contributed by atoms with Crippen molar-refractivity contribution in [3.8, 4) is 0 Å². The number of hydrogen-bond donors (Lipinski definition) is 1. The highest BCUT2D eigenvalue weighted by Crippen LogP contribution is 2.35. The first kappa shape index (κ1) is 21.4. The summed E-state index contributed by atoms with van der Waals surface area (Å²) in [6.07, 6.45) is 2.79.